The van der Waals surface area contributed by atoms with E-state index in [2.05, 4.69) is 5.32 Å². The molecule has 5 heteroatoms. The lowest BCUT2D eigenvalue weighted by Gasteiger charge is -2.07. The van der Waals surface area contributed by atoms with E-state index < -0.39 is 17.5 Å². The average Bonchev–Trinajstić information content (AvgIpc) is 2.45. The van der Waals surface area contributed by atoms with E-state index in [1.807, 2.05) is 6.07 Å². The lowest BCUT2D eigenvalue weighted by atomic mass is 10.1. The Balaban J connectivity index is 1.99. The van der Waals surface area contributed by atoms with Gasteiger partial charge in [0, 0.05) is 18.7 Å². The summed E-state index contributed by atoms with van der Waals surface area (Å²) in [4.78, 5) is 0. The predicted molar refractivity (Wildman–Crippen MR) is 68.0 cm³/mol. The molecule has 0 aromatic heterocycles. The van der Waals surface area contributed by atoms with Gasteiger partial charge in [0.15, 0.2) is 11.6 Å². The zero-order valence-electron chi connectivity index (χ0n) is 10.5. The van der Waals surface area contributed by atoms with Gasteiger partial charge < -0.3 is 5.32 Å². The van der Waals surface area contributed by atoms with Gasteiger partial charge in [-0.15, -0.1) is 0 Å². The van der Waals surface area contributed by atoms with Crippen molar-refractivity contribution in [1.82, 2.24) is 5.32 Å². The molecule has 1 N–H and O–H groups in total. The van der Waals surface area contributed by atoms with Gasteiger partial charge in [-0.25, -0.2) is 13.2 Å². The van der Waals surface area contributed by atoms with Crippen molar-refractivity contribution in [1.29, 1.82) is 5.26 Å². The number of hydrogen-bond acceptors (Lipinski definition) is 2. The van der Waals surface area contributed by atoms with Gasteiger partial charge >= 0.3 is 0 Å². The molecule has 0 saturated heterocycles. The van der Waals surface area contributed by atoms with Crippen LogP contribution in [-0.4, -0.2) is 0 Å². The zero-order chi connectivity index (χ0) is 14.5. The van der Waals surface area contributed by atoms with Gasteiger partial charge in [0.25, 0.3) is 0 Å². The quantitative estimate of drug-likeness (QED) is 0.930. The van der Waals surface area contributed by atoms with Crippen molar-refractivity contribution in [3.8, 4) is 6.07 Å². The number of nitrogens with one attached hydrogen (secondary N) is 1. The van der Waals surface area contributed by atoms with E-state index in [1.54, 1.807) is 0 Å². The third-order valence-corrected chi connectivity index (χ3v) is 2.80. The van der Waals surface area contributed by atoms with Gasteiger partial charge in [-0.1, -0.05) is 6.07 Å². The highest BCUT2D eigenvalue weighted by Gasteiger charge is 2.05. The molecule has 0 aliphatic heterocycles. The van der Waals surface area contributed by atoms with Gasteiger partial charge in [-0.3, -0.25) is 0 Å². The summed E-state index contributed by atoms with van der Waals surface area (Å²) >= 11 is 0. The van der Waals surface area contributed by atoms with Crippen molar-refractivity contribution < 1.29 is 13.2 Å². The molecule has 2 nitrogen and oxygen atoms in total. The van der Waals surface area contributed by atoms with Crippen LogP contribution in [0.3, 0.4) is 0 Å². The molecule has 0 saturated carbocycles. The highest BCUT2D eigenvalue weighted by molar-refractivity contribution is 5.33. The predicted octanol–water partition coefficient (Wildman–Crippen LogP) is 3.27. The first-order valence-electron chi connectivity index (χ1n) is 5.93. The first kappa shape index (κ1) is 14.1. The van der Waals surface area contributed by atoms with Crippen LogP contribution in [0.5, 0.6) is 0 Å². The van der Waals surface area contributed by atoms with E-state index in [0.29, 0.717) is 16.7 Å². The molecule has 0 radical (unpaired) electrons. The second kappa shape index (κ2) is 6.22. The highest BCUT2D eigenvalue weighted by atomic mass is 19.2. The van der Waals surface area contributed by atoms with Crippen LogP contribution in [0.15, 0.2) is 36.4 Å². The first-order chi connectivity index (χ1) is 9.60. The third-order valence-electron chi connectivity index (χ3n) is 2.80. The third kappa shape index (κ3) is 3.37. The van der Waals surface area contributed by atoms with Gasteiger partial charge in [-0.05, 0) is 35.9 Å². The zero-order valence-corrected chi connectivity index (χ0v) is 10.5. The molecule has 0 amide bonds. The van der Waals surface area contributed by atoms with Crippen molar-refractivity contribution in [2.45, 2.75) is 13.1 Å². The smallest absolute Gasteiger partial charge is 0.159 e. The van der Waals surface area contributed by atoms with Crippen molar-refractivity contribution in [2.75, 3.05) is 0 Å². The minimum atomic E-state index is -0.915. The summed E-state index contributed by atoms with van der Waals surface area (Å²) in [6.45, 7) is 0.466. The van der Waals surface area contributed by atoms with Crippen LogP contribution < -0.4 is 5.32 Å². The Kier molecular flexibility index (Phi) is 4.38. The van der Waals surface area contributed by atoms with E-state index in [1.165, 1.54) is 24.3 Å². The molecule has 0 aliphatic carbocycles. The van der Waals surface area contributed by atoms with Crippen molar-refractivity contribution >= 4 is 0 Å². The van der Waals surface area contributed by atoms with E-state index in [-0.39, 0.29) is 13.1 Å². The Morgan fingerprint density at radius 1 is 0.900 bits per heavy atom. The van der Waals surface area contributed by atoms with Crippen LogP contribution in [0.25, 0.3) is 0 Å². The van der Waals surface area contributed by atoms with E-state index >= 15 is 0 Å². The SMILES string of the molecule is N#Cc1ccc(F)c(CNCc2ccc(F)c(F)c2)c1. The highest BCUT2D eigenvalue weighted by Crippen LogP contribution is 2.11. The second-order valence-electron chi connectivity index (χ2n) is 4.27. The molecule has 0 atom stereocenters. The molecular formula is C15H11F3N2. The van der Waals surface area contributed by atoms with Gasteiger partial charge in [0.2, 0.25) is 0 Å². The van der Waals surface area contributed by atoms with Crippen LogP contribution in [0.2, 0.25) is 0 Å². The van der Waals surface area contributed by atoms with Crippen LogP contribution in [0, 0.1) is 28.8 Å². The lowest BCUT2D eigenvalue weighted by Crippen LogP contribution is -2.14. The number of halogens is 3. The van der Waals surface area contributed by atoms with Crippen LogP contribution in [0.1, 0.15) is 16.7 Å². The fourth-order valence-corrected chi connectivity index (χ4v) is 1.77. The van der Waals surface area contributed by atoms with Crippen LogP contribution in [0.4, 0.5) is 13.2 Å². The normalized spacial score (nSPS) is 10.3. The maximum Gasteiger partial charge on any atom is 0.159 e. The van der Waals surface area contributed by atoms with Crippen molar-refractivity contribution in [3.05, 3.63) is 70.5 Å². The molecule has 102 valence electrons. The fraction of sp³-hybridized carbons (Fsp3) is 0.133. The summed E-state index contributed by atoms with van der Waals surface area (Å²) in [7, 11) is 0. The summed E-state index contributed by atoms with van der Waals surface area (Å²) in [5, 5.41) is 11.7. The summed E-state index contributed by atoms with van der Waals surface area (Å²) < 4.78 is 39.2. The molecule has 0 aliphatic rings. The van der Waals surface area contributed by atoms with Crippen LogP contribution >= 0.6 is 0 Å². The van der Waals surface area contributed by atoms with Gasteiger partial charge in [0.1, 0.15) is 5.82 Å². The summed E-state index contributed by atoms with van der Waals surface area (Å²) in [5.74, 6) is -2.23. The summed E-state index contributed by atoms with van der Waals surface area (Å²) in [5.41, 5.74) is 1.28. The molecular weight excluding hydrogens is 265 g/mol. The van der Waals surface area contributed by atoms with Gasteiger partial charge in [-0.2, -0.15) is 5.26 Å². The molecule has 2 aromatic carbocycles. The number of hydrogen-bond donors (Lipinski definition) is 1. The summed E-state index contributed by atoms with van der Waals surface area (Å²) in [6.07, 6.45) is 0. The standard InChI is InChI=1S/C15H11F3N2/c16-13-3-1-10(7-19)5-12(13)9-20-8-11-2-4-14(17)15(18)6-11/h1-6,20H,8-9H2. The average molecular weight is 276 g/mol. The number of nitriles is 1. The van der Waals surface area contributed by atoms with Crippen LogP contribution in [-0.2, 0) is 13.1 Å². The summed E-state index contributed by atoms with van der Waals surface area (Å²) in [6, 6.07) is 9.59. The Morgan fingerprint density at radius 3 is 2.35 bits per heavy atom. The Bertz CT molecular complexity index is 663. The Morgan fingerprint density at radius 2 is 1.65 bits per heavy atom. The van der Waals surface area contributed by atoms with Crippen molar-refractivity contribution in [3.63, 3.8) is 0 Å². The number of benzene rings is 2. The number of nitrogens with zero attached hydrogens (tertiary/aromatic N) is 1. The van der Waals surface area contributed by atoms with Gasteiger partial charge in [0.05, 0.1) is 11.6 Å². The van der Waals surface area contributed by atoms with E-state index in [0.717, 1.165) is 12.1 Å². The second-order valence-corrected chi connectivity index (χ2v) is 4.27. The Labute approximate surface area is 114 Å². The Hall–Kier alpha value is -2.32. The molecule has 0 spiro atoms. The molecule has 2 aromatic rings. The lowest BCUT2D eigenvalue weighted by molar-refractivity contribution is 0.505. The van der Waals surface area contributed by atoms with E-state index in [4.69, 9.17) is 5.26 Å². The minimum absolute atomic E-state index is 0.195. The topological polar surface area (TPSA) is 35.8 Å². The molecule has 2 rings (SSSR count). The maximum absolute atomic E-state index is 13.5. The minimum Gasteiger partial charge on any atom is -0.309 e. The first-order valence-corrected chi connectivity index (χ1v) is 5.93. The number of rotatable bonds is 4. The molecule has 0 heterocycles. The molecule has 20 heavy (non-hydrogen) atoms. The molecule has 0 unspecified atom stereocenters. The maximum atomic E-state index is 13.5. The van der Waals surface area contributed by atoms with E-state index in [9.17, 15) is 13.2 Å². The monoisotopic (exact) mass is 276 g/mol. The molecule has 0 bridgehead atoms. The fourth-order valence-electron chi connectivity index (χ4n) is 1.77. The molecule has 0 fully saturated rings. The van der Waals surface area contributed by atoms with Crippen molar-refractivity contribution in [2.24, 2.45) is 0 Å². The largest absolute Gasteiger partial charge is 0.309 e.